The predicted octanol–water partition coefficient (Wildman–Crippen LogP) is 3.37. The molecule has 4 amide bonds. The summed E-state index contributed by atoms with van der Waals surface area (Å²) in [5.41, 5.74) is 8.22. The van der Waals surface area contributed by atoms with Crippen LogP contribution in [0.3, 0.4) is 0 Å². The number of benzene rings is 3. The summed E-state index contributed by atoms with van der Waals surface area (Å²) in [6.45, 7) is 4.36. The molecule has 0 aliphatic rings. The number of carbonyl (C=O) groups excluding carboxylic acids is 6. The van der Waals surface area contributed by atoms with Gasteiger partial charge in [0.1, 0.15) is 17.7 Å². The van der Waals surface area contributed by atoms with Crippen LogP contribution in [0.1, 0.15) is 89.3 Å². The summed E-state index contributed by atoms with van der Waals surface area (Å²) in [6, 6.07) is 21.3. The van der Waals surface area contributed by atoms with Gasteiger partial charge in [0.15, 0.2) is 0 Å². The van der Waals surface area contributed by atoms with Crippen molar-refractivity contribution in [3.63, 3.8) is 0 Å². The fraction of sp³-hybridized carbons (Fsp3) is 0.385. The summed E-state index contributed by atoms with van der Waals surface area (Å²) in [6.07, 6.45) is -3.20. The van der Waals surface area contributed by atoms with Gasteiger partial charge in [-0.15, -0.1) is 0 Å². The number of carbonyl (C=O) groups is 6. The van der Waals surface area contributed by atoms with Crippen LogP contribution in [0.15, 0.2) is 72.8 Å². The minimum Gasteiger partial charge on any atom is -0.542 e. The SMILES string of the molecule is CCCCCNC(=O)Nc1ccc(CNC(=O)c2ccc(C(=O)NCc3ccc(CC(=O)CCCCC[NH3+])cc3)cc2)cc1.O=C([O-])C(F)(F)F.O=C([O-])C(F)(F)F. The van der Waals surface area contributed by atoms with Crippen LogP contribution in [-0.2, 0) is 33.9 Å². The molecule has 0 unspecified atom stereocenters. The van der Waals surface area contributed by atoms with Gasteiger partial charge in [0.05, 0.1) is 6.54 Å². The summed E-state index contributed by atoms with van der Waals surface area (Å²) < 4.78 is 63.1. The second-order valence-corrected chi connectivity index (χ2v) is 12.5. The quantitative estimate of drug-likeness (QED) is 0.0943. The number of unbranched alkanes of at least 4 members (excludes halogenated alkanes) is 4. The van der Waals surface area contributed by atoms with Crippen LogP contribution in [0.4, 0.5) is 36.8 Å². The van der Waals surface area contributed by atoms with E-state index in [-0.39, 0.29) is 23.6 Å². The Morgan fingerprint density at radius 3 is 1.43 bits per heavy atom. The van der Waals surface area contributed by atoms with E-state index in [1.807, 2.05) is 36.4 Å². The molecule has 0 fully saturated rings. The fourth-order valence-corrected chi connectivity index (χ4v) is 4.57. The first-order valence-electron chi connectivity index (χ1n) is 18.0. The van der Waals surface area contributed by atoms with Crippen molar-refractivity contribution in [2.24, 2.45) is 0 Å². The van der Waals surface area contributed by atoms with Crippen LogP contribution in [-0.4, -0.2) is 61.0 Å². The van der Waals surface area contributed by atoms with Gasteiger partial charge in [-0.3, -0.25) is 14.4 Å². The van der Waals surface area contributed by atoms with Crippen LogP contribution in [0.5, 0.6) is 0 Å². The average Bonchev–Trinajstić information content (AvgIpc) is 3.17. The van der Waals surface area contributed by atoms with E-state index in [2.05, 4.69) is 33.9 Å². The molecule has 3 aromatic carbocycles. The maximum Gasteiger partial charge on any atom is 0.430 e. The Hall–Kier alpha value is -5.98. The Morgan fingerprint density at radius 1 is 0.586 bits per heavy atom. The van der Waals surface area contributed by atoms with Crippen LogP contribution in [0.2, 0.25) is 0 Å². The number of aliphatic carboxylic acids is 2. The van der Waals surface area contributed by atoms with E-state index >= 15 is 0 Å². The van der Waals surface area contributed by atoms with E-state index < -0.39 is 24.3 Å². The second kappa shape index (κ2) is 26.0. The van der Waals surface area contributed by atoms with Crippen molar-refractivity contribution in [1.82, 2.24) is 16.0 Å². The summed E-state index contributed by atoms with van der Waals surface area (Å²) in [7, 11) is 0. The zero-order valence-corrected chi connectivity index (χ0v) is 31.7. The zero-order valence-electron chi connectivity index (χ0n) is 31.7. The van der Waals surface area contributed by atoms with E-state index in [1.54, 1.807) is 36.4 Å². The van der Waals surface area contributed by atoms with Gasteiger partial charge in [-0.1, -0.05) is 56.2 Å². The Bertz CT molecular complexity index is 1620. The number of ketones is 1. The molecule has 13 nitrogen and oxygen atoms in total. The largest absolute Gasteiger partial charge is 0.542 e. The highest BCUT2D eigenvalue weighted by Crippen LogP contribution is 2.14. The number of hydrogen-bond acceptors (Lipinski definition) is 8. The number of carboxylic acids is 2. The highest BCUT2D eigenvalue weighted by molar-refractivity contribution is 5.97. The summed E-state index contributed by atoms with van der Waals surface area (Å²) in [4.78, 5) is 67.0. The number of Topliss-reactive ketones (excluding diaryl/α,β-unsaturated/α-hetero) is 1. The van der Waals surface area contributed by atoms with E-state index in [4.69, 9.17) is 19.8 Å². The van der Waals surface area contributed by atoms with Crippen molar-refractivity contribution in [1.29, 1.82) is 0 Å². The van der Waals surface area contributed by atoms with Gasteiger partial charge >= 0.3 is 18.4 Å². The van der Waals surface area contributed by atoms with Crippen molar-refractivity contribution in [3.8, 4) is 0 Å². The maximum atomic E-state index is 12.7. The number of rotatable bonds is 18. The Morgan fingerprint density at radius 2 is 1.02 bits per heavy atom. The number of quaternary nitrogens is 1. The molecule has 0 aromatic heterocycles. The average molecular weight is 827 g/mol. The molecule has 7 N–H and O–H groups in total. The highest BCUT2D eigenvalue weighted by Gasteiger charge is 2.29. The van der Waals surface area contributed by atoms with Crippen molar-refractivity contribution in [2.45, 2.75) is 83.7 Å². The number of alkyl halides is 6. The van der Waals surface area contributed by atoms with Crippen molar-refractivity contribution >= 4 is 41.3 Å². The molecule has 0 bridgehead atoms. The van der Waals surface area contributed by atoms with Gasteiger partial charge < -0.3 is 46.8 Å². The molecule has 0 aliphatic carbocycles. The van der Waals surface area contributed by atoms with Crippen molar-refractivity contribution in [3.05, 3.63) is 101 Å². The number of carboxylic acid groups (broad SMARTS) is 2. The Kier molecular flexibility index (Phi) is 22.5. The third kappa shape index (κ3) is 21.9. The number of hydrogen-bond donors (Lipinski definition) is 5. The van der Waals surface area contributed by atoms with Crippen LogP contribution in [0, 0.1) is 0 Å². The number of urea groups is 1. The smallest absolute Gasteiger partial charge is 0.430 e. The monoisotopic (exact) mass is 826 g/mol. The lowest BCUT2D eigenvalue weighted by molar-refractivity contribution is -0.368. The summed E-state index contributed by atoms with van der Waals surface area (Å²) in [5, 5.41) is 29.0. The number of anilines is 1. The van der Waals surface area contributed by atoms with Gasteiger partial charge in [0.25, 0.3) is 11.8 Å². The molecule has 0 spiro atoms. The molecule has 0 aliphatic heterocycles. The van der Waals surface area contributed by atoms with Crippen molar-refractivity contribution in [2.75, 3.05) is 18.4 Å². The number of halogens is 6. The molecule has 318 valence electrons. The lowest BCUT2D eigenvalue weighted by Crippen LogP contribution is -2.50. The van der Waals surface area contributed by atoms with E-state index in [9.17, 15) is 45.5 Å². The maximum absolute atomic E-state index is 12.7. The molecule has 0 saturated heterocycles. The van der Waals surface area contributed by atoms with Crippen LogP contribution < -0.4 is 37.2 Å². The molecule has 58 heavy (non-hydrogen) atoms. The van der Waals surface area contributed by atoms with E-state index in [0.29, 0.717) is 49.3 Å². The normalized spacial score (nSPS) is 10.8. The van der Waals surface area contributed by atoms with E-state index in [0.717, 1.165) is 61.8 Å². The third-order valence-corrected chi connectivity index (χ3v) is 7.69. The highest BCUT2D eigenvalue weighted by atomic mass is 19.4. The third-order valence-electron chi connectivity index (χ3n) is 7.69. The lowest BCUT2D eigenvalue weighted by atomic mass is 10.0. The number of amides is 4. The first kappa shape index (κ1) is 50.0. The molecule has 3 rings (SSSR count). The fourth-order valence-electron chi connectivity index (χ4n) is 4.57. The number of nitrogens with one attached hydrogen (secondary N) is 4. The lowest BCUT2D eigenvalue weighted by Gasteiger charge is -2.10. The molecular formula is C39H46F6N5O8-. The van der Waals surface area contributed by atoms with Gasteiger partial charge in [-0.05, 0) is 78.8 Å². The van der Waals surface area contributed by atoms with Crippen molar-refractivity contribution < 1.29 is 71.1 Å². The van der Waals surface area contributed by atoms with Crippen LogP contribution in [0.25, 0.3) is 0 Å². The molecule has 3 aromatic rings. The summed E-state index contributed by atoms with van der Waals surface area (Å²) >= 11 is 0. The molecule has 0 saturated carbocycles. The topological polar surface area (TPSA) is 224 Å². The molecule has 19 heteroatoms. The van der Waals surface area contributed by atoms with Gasteiger partial charge in [-0.25, -0.2) is 4.79 Å². The summed E-state index contributed by atoms with van der Waals surface area (Å²) in [5.74, 6) is -6.25. The predicted molar refractivity (Wildman–Crippen MR) is 195 cm³/mol. The van der Waals surface area contributed by atoms with Gasteiger partial charge in [-0.2, -0.15) is 26.3 Å². The first-order chi connectivity index (χ1) is 27.3. The molecule has 0 atom stereocenters. The standard InChI is InChI=1S/C35H45N5O4.2C2HF3O2/c1-2-3-7-22-37-35(44)40-31-19-13-28(14-20-31)25-39-34(43)30-17-15-29(16-18-30)33(42)38-24-27-11-9-26(10-12-27)23-32(41)8-5-4-6-21-36;2*3-2(4,5)1(6)7/h9-20H,2-8,21-25,36H2,1H3,(H,38,42)(H,39,43)(H2,37,40,44);2*(H,6,7)/p-1. The van der Waals surface area contributed by atoms with Gasteiger partial charge in [0.2, 0.25) is 0 Å². The molecular weight excluding hydrogens is 780 g/mol. The van der Waals surface area contributed by atoms with Gasteiger partial charge in [0, 0.05) is 49.3 Å². The Balaban J connectivity index is 0.00000102. The molecule has 0 radical (unpaired) electrons. The second-order valence-electron chi connectivity index (χ2n) is 12.5. The zero-order chi connectivity index (χ0) is 43.7. The minimum atomic E-state index is -5.19. The Labute approximate surface area is 330 Å². The van der Waals surface area contributed by atoms with Crippen LogP contribution >= 0.6 is 0 Å². The first-order valence-corrected chi connectivity index (χ1v) is 18.0. The minimum absolute atomic E-state index is 0.232. The van der Waals surface area contributed by atoms with E-state index in [1.165, 1.54) is 0 Å². The molecule has 0 heterocycles.